The van der Waals surface area contributed by atoms with Crippen LogP contribution in [0.4, 0.5) is 15.8 Å². The van der Waals surface area contributed by atoms with Gasteiger partial charge in [0.05, 0.1) is 11.6 Å². The normalized spacial score (nSPS) is 11.7. The second kappa shape index (κ2) is 8.97. The monoisotopic (exact) mass is 432 g/mol. The summed E-state index contributed by atoms with van der Waals surface area (Å²) in [5.41, 5.74) is 3.54. The van der Waals surface area contributed by atoms with Gasteiger partial charge in [0.25, 0.3) is 5.91 Å². The predicted octanol–water partition coefficient (Wildman–Crippen LogP) is 5.61. The van der Waals surface area contributed by atoms with Crippen molar-refractivity contribution in [2.24, 2.45) is 0 Å². The molecule has 4 aromatic rings. The van der Waals surface area contributed by atoms with E-state index in [2.05, 4.69) is 27.0 Å². The Morgan fingerprint density at radius 3 is 2.32 bits per heavy atom. The van der Waals surface area contributed by atoms with Gasteiger partial charge in [0.2, 0.25) is 0 Å². The zero-order chi connectivity index (χ0) is 21.8. The van der Waals surface area contributed by atoms with Crippen molar-refractivity contribution in [3.63, 3.8) is 0 Å². The third-order valence-electron chi connectivity index (χ3n) is 4.95. The molecule has 156 valence electrons. The van der Waals surface area contributed by atoms with Gasteiger partial charge in [0.15, 0.2) is 5.11 Å². The first kappa shape index (κ1) is 20.6. The molecule has 4 rings (SSSR count). The lowest BCUT2D eigenvalue weighted by atomic mass is 10.1. The lowest BCUT2D eigenvalue weighted by Gasteiger charge is -2.17. The summed E-state index contributed by atoms with van der Waals surface area (Å²) >= 11 is 5.45. The molecule has 5 nitrogen and oxygen atoms in total. The van der Waals surface area contributed by atoms with Crippen molar-refractivity contribution in [1.29, 1.82) is 0 Å². The van der Waals surface area contributed by atoms with Gasteiger partial charge >= 0.3 is 0 Å². The first-order valence-electron chi connectivity index (χ1n) is 9.81. The molecule has 31 heavy (non-hydrogen) atoms. The maximum atomic E-state index is 13.7. The maximum absolute atomic E-state index is 13.7. The zero-order valence-corrected chi connectivity index (χ0v) is 17.6. The Hall–Kier alpha value is -3.71. The van der Waals surface area contributed by atoms with Gasteiger partial charge in [-0.3, -0.25) is 4.79 Å². The van der Waals surface area contributed by atoms with Gasteiger partial charge in [0.1, 0.15) is 5.82 Å². The second-order valence-electron chi connectivity index (χ2n) is 7.12. The molecule has 0 aliphatic carbocycles. The Labute approximate surface area is 184 Å². The van der Waals surface area contributed by atoms with E-state index in [9.17, 15) is 9.18 Å². The summed E-state index contributed by atoms with van der Waals surface area (Å²) in [5, 5.41) is 10.8. The van der Waals surface area contributed by atoms with E-state index in [0.717, 1.165) is 22.2 Å². The smallest absolute Gasteiger partial charge is 0.258 e. The van der Waals surface area contributed by atoms with Crippen LogP contribution in [0.25, 0.3) is 10.9 Å². The number of thiocarbonyl (C=S) groups is 1. The molecule has 1 amide bonds. The lowest BCUT2D eigenvalue weighted by molar-refractivity contribution is 0.102. The van der Waals surface area contributed by atoms with Crippen molar-refractivity contribution < 1.29 is 9.18 Å². The van der Waals surface area contributed by atoms with Gasteiger partial charge in [-0.05, 0) is 67.2 Å². The molecule has 1 aromatic heterocycles. The van der Waals surface area contributed by atoms with Gasteiger partial charge in [-0.2, -0.15) is 0 Å². The number of carbonyl (C=O) groups is 1. The number of carbonyl (C=O) groups excluding carboxylic acids is 1. The van der Waals surface area contributed by atoms with Crippen LogP contribution in [0.3, 0.4) is 0 Å². The van der Waals surface area contributed by atoms with Crippen LogP contribution >= 0.6 is 12.2 Å². The van der Waals surface area contributed by atoms with Crippen molar-refractivity contribution in [2.75, 3.05) is 10.6 Å². The summed E-state index contributed by atoms with van der Waals surface area (Å²) in [6, 6.07) is 21.0. The topological polar surface area (TPSA) is 68.9 Å². The van der Waals surface area contributed by atoms with Crippen LogP contribution in [-0.4, -0.2) is 16.0 Å². The third kappa shape index (κ3) is 4.73. The largest absolute Gasteiger partial charge is 0.361 e. The molecule has 4 N–H and O–H groups in total. The van der Waals surface area contributed by atoms with Crippen molar-refractivity contribution in [3.05, 3.63) is 95.9 Å². The molecule has 7 heteroatoms. The number of rotatable bonds is 5. The number of anilines is 2. The minimum absolute atomic E-state index is 0.00125. The fourth-order valence-electron chi connectivity index (χ4n) is 3.37. The number of aromatic amines is 1. The average Bonchev–Trinajstić information content (AvgIpc) is 3.19. The van der Waals surface area contributed by atoms with Gasteiger partial charge in [-0.25, -0.2) is 4.39 Å². The van der Waals surface area contributed by atoms with Crippen LogP contribution in [0.5, 0.6) is 0 Å². The number of hydrogen-bond donors (Lipinski definition) is 4. The molecule has 0 aliphatic heterocycles. The highest BCUT2D eigenvalue weighted by molar-refractivity contribution is 7.80. The summed E-state index contributed by atoms with van der Waals surface area (Å²) in [4.78, 5) is 15.5. The molecule has 1 heterocycles. The van der Waals surface area contributed by atoms with E-state index in [1.807, 2.05) is 31.3 Å². The SMILES string of the molecule is CC(NC(=S)Nc1ccc(NC(=O)c2ccccc2F)cc1)c1c[nH]c2ccccc12. The molecule has 0 spiro atoms. The molecule has 0 radical (unpaired) electrons. The zero-order valence-electron chi connectivity index (χ0n) is 16.8. The van der Waals surface area contributed by atoms with Crippen LogP contribution in [-0.2, 0) is 0 Å². The van der Waals surface area contributed by atoms with Crippen LogP contribution < -0.4 is 16.0 Å². The van der Waals surface area contributed by atoms with Crippen molar-refractivity contribution >= 4 is 45.5 Å². The molecule has 0 fully saturated rings. The fraction of sp³-hybridized carbons (Fsp3) is 0.0833. The number of halogens is 1. The number of benzene rings is 3. The van der Waals surface area contributed by atoms with E-state index in [-0.39, 0.29) is 11.6 Å². The number of H-pyrrole nitrogens is 1. The number of para-hydroxylation sites is 1. The molecule has 0 saturated heterocycles. The van der Waals surface area contributed by atoms with Crippen LogP contribution in [0.2, 0.25) is 0 Å². The van der Waals surface area contributed by atoms with Crippen molar-refractivity contribution in [3.8, 4) is 0 Å². The Morgan fingerprint density at radius 2 is 1.58 bits per heavy atom. The lowest BCUT2D eigenvalue weighted by Crippen LogP contribution is -2.30. The summed E-state index contributed by atoms with van der Waals surface area (Å²) < 4.78 is 13.7. The van der Waals surface area contributed by atoms with Gasteiger partial charge in [-0.1, -0.05) is 30.3 Å². The maximum Gasteiger partial charge on any atom is 0.258 e. The van der Waals surface area contributed by atoms with E-state index in [0.29, 0.717) is 10.8 Å². The fourth-order valence-corrected chi connectivity index (χ4v) is 3.67. The molecular formula is C24H21FN4OS. The van der Waals surface area contributed by atoms with Crippen molar-refractivity contribution in [1.82, 2.24) is 10.3 Å². The number of amides is 1. The molecule has 0 saturated carbocycles. The average molecular weight is 433 g/mol. The van der Waals surface area contributed by atoms with Crippen LogP contribution in [0.15, 0.2) is 79.0 Å². The molecule has 1 atom stereocenters. The Bertz CT molecular complexity index is 1240. The number of aromatic nitrogens is 1. The highest BCUT2D eigenvalue weighted by Crippen LogP contribution is 2.24. The van der Waals surface area contributed by atoms with Crippen molar-refractivity contribution in [2.45, 2.75) is 13.0 Å². The quantitative estimate of drug-likeness (QED) is 0.310. The van der Waals surface area contributed by atoms with Gasteiger partial charge in [0, 0.05) is 28.5 Å². The van der Waals surface area contributed by atoms with E-state index in [1.54, 1.807) is 36.4 Å². The Balaban J connectivity index is 1.36. The first-order chi connectivity index (χ1) is 15.0. The summed E-state index contributed by atoms with van der Waals surface area (Å²) in [5.74, 6) is -1.05. The number of fused-ring (bicyclic) bond motifs is 1. The van der Waals surface area contributed by atoms with Gasteiger partial charge < -0.3 is 20.9 Å². The van der Waals surface area contributed by atoms with E-state index in [4.69, 9.17) is 12.2 Å². The van der Waals surface area contributed by atoms with Crippen LogP contribution in [0.1, 0.15) is 28.9 Å². The minimum Gasteiger partial charge on any atom is -0.361 e. The Kier molecular flexibility index (Phi) is 5.95. The minimum atomic E-state index is -0.556. The summed E-state index contributed by atoms with van der Waals surface area (Å²) in [6.45, 7) is 2.05. The number of nitrogens with one attached hydrogen (secondary N) is 4. The molecule has 1 unspecified atom stereocenters. The number of hydrogen-bond acceptors (Lipinski definition) is 2. The van der Waals surface area contributed by atoms with E-state index >= 15 is 0 Å². The van der Waals surface area contributed by atoms with E-state index in [1.165, 1.54) is 12.1 Å². The van der Waals surface area contributed by atoms with Gasteiger partial charge in [-0.15, -0.1) is 0 Å². The second-order valence-corrected chi connectivity index (χ2v) is 7.53. The Morgan fingerprint density at radius 1 is 0.935 bits per heavy atom. The first-order valence-corrected chi connectivity index (χ1v) is 10.2. The van der Waals surface area contributed by atoms with Crippen LogP contribution in [0, 0.1) is 5.82 Å². The molecule has 0 bridgehead atoms. The molecule has 0 aliphatic rings. The standard InChI is InChI=1S/C24H21FN4OS/c1-15(20-14-26-22-9-5-3-6-18(20)22)27-24(31)29-17-12-10-16(11-13-17)28-23(30)19-7-2-4-8-21(19)25/h2-15,26H,1H3,(H,28,30)(H2,27,29,31). The summed E-state index contributed by atoms with van der Waals surface area (Å²) in [6.07, 6.45) is 1.98. The summed E-state index contributed by atoms with van der Waals surface area (Å²) in [7, 11) is 0. The predicted molar refractivity (Wildman–Crippen MR) is 127 cm³/mol. The highest BCUT2D eigenvalue weighted by atomic mass is 32.1. The third-order valence-corrected chi connectivity index (χ3v) is 5.17. The van der Waals surface area contributed by atoms with E-state index < -0.39 is 11.7 Å². The molecule has 3 aromatic carbocycles. The molecular weight excluding hydrogens is 411 g/mol. The highest BCUT2D eigenvalue weighted by Gasteiger charge is 2.13.